The molecule has 1 aliphatic rings. The van der Waals surface area contributed by atoms with Crippen molar-refractivity contribution in [1.29, 1.82) is 0 Å². The summed E-state index contributed by atoms with van der Waals surface area (Å²) in [5.41, 5.74) is 2.14. The zero-order valence-corrected chi connectivity index (χ0v) is 14.0. The van der Waals surface area contributed by atoms with Gasteiger partial charge < -0.3 is 10.2 Å². The lowest BCUT2D eigenvalue weighted by Gasteiger charge is -2.21. The second kappa shape index (κ2) is 7.95. The normalized spacial score (nSPS) is 15.3. The van der Waals surface area contributed by atoms with E-state index < -0.39 is 0 Å². The van der Waals surface area contributed by atoms with E-state index in [2.05, 4.69) is 47.5 Å². The lowest BCUT2D eigenvalue weighted by Crippen LogP contribution is -2.26. The molecule has 1 aliphatic heterocycles. The van der Waals surface area contributed by atoms with E-state index in [1.807, 2.05) is 6.07 Å². The van der Waals surface area contributed by atoms with Gasteiger partial charge in [0.2, 0.25) is 5.95 Å². The zero-order chi connectivity index (χ0) is 15.9. The number of aromatic nitrogens is 2. The van der Waals surface area contributed by atoms with E-state index in [1.54, 1.807) is 0 Å². The number of rotatable bonds is 5. The molecule has 1 saturated heterocycles. The number of nitrogens with one attached hydrogen (secondary N) is 1. The minimum absolute atomic E-state index is 0.867. The Labute approximate surface area is 139 Å². The monoisotopic (exact) mass is 310 g/mol. The van der Waals surface area contributed by atoms with Crippen LogP contribution >= 0.6 is 0 Å². The Kier molecular flexibility index (Phi) is 5.46. The Morgan fingerprint density at radius 1 is 1.00 bits per heavy atom. The fourth-order valence-corrected chi connectivity index (χ4v) is 2.95. The number of anilines is 2. The Hall–Kier alpha value is -2.10. The molecule has 0 atom stereocenters. The summed E-state index contributed by atoms with van der Waals surface area (Å²) in [5.74, 6) is 1.80. The predicted molar refractivity (Wildman–Crippen MR) is 96.9 cm³/mol. The van der Waals surface area contributed by atoms with Crippen LogP contribution in [0.4, 0.5) is 11.8 Å². The highest BCUT2D eigenvalue weighted by Crippen LogP contribution is 2.24. The molecular formula is C19H26N4. The molecule has 0 unspecified atom stereocenters. The smallest absolute Gasteiger partial charge is 0.227 e. The molecule has 3 rings (SSSR count). The third kappa shape index (κ3) is 4.21. The van der Waals surface area contributed by atoms with Crippen LogP contribution < -0.4 is 10.2 Å². The molecule has 0 bridgehead atoms. The van der Waals surface area contributed by atoms with Gasteiger partial charge in [-0.15, -0.1) is 0 Å². The van der Waals surface area contributed by atoms with Gasteiger partial charge in [-0.1, -0.05) is 50.1 Å². The lowest BCUT2D eigenvalue weighted by atomic mass is 10.1. The van der Waals surface area contributed by atoms with Crippen LogP contribution in [0, 0.1) is 0 Å². The van der Waals surface area contributed by atoms with Crippen molar-refractivity contribution < 1.29 is 0 Å². The molecule has 0 saturated carbocycles. The van der Waals surface area contributed by atoms with E-state index >= 15 is 0 Å². The minimum atomic E-state index is 0.867. The average molecular weight is 310 g/mol. The summed E-state index contributed by atoms with van der Waals surface area (Å²) in [5, 5.41) is 3.42. The first-order chi connectivity index (χ1) is 11.4. The first-order valence-corrected chi connectivity index (χ1v) is 8.80. The molecule has 0 radical (unpaired) electrons. The van der Waals surface area contributed by atoms with Gasteiger partial charge in [-0.2, -0.15) is 4.98 Å². The number of nitrogens with zero attached hydrogens (tertiary/aromatic N) is 3. The van der Waals surface area contributed by atoms with E-state index in [4.69, 9.17) is 9.97 Å². The van der Waals surface area contributed by atoms with Gasteiger partial charge in [0.05, 0.1) is 5.69 Å². The van der Waals surface area contributed by atoms with Gasteiger partial charge in [-0.05, 0) is 19.3 Å². The van der Waals surface area contributed by atoms with Crippen LogP contribution in [0.15, 0.2) is 36.4 Å². The standard InChI is InChI=1S/C19H26N4/c1-2-12-20-18-15-17(16-10-6-5-7-11-16)21-19(22-18)23-13-8-3-4-9-14-23/h5-7,10-11,15H,2-4,8-9,12-14H2,1H3,(H,20,21,22). The first kappa shape index (κ1) is 15.8. The summed E-state index contributed by atoms with van der Waals surface area (Å²) in [4.78, 5) is 12.0. The summed E-state index contributed by atoms with van der Waals surface area (Å²) >= 11 is 0. The van der Waals surface area contributed by atoms with Crippen LogP contribution in [0.2, 0.25) is 0 Å². The fraction of sp³-hybridized carbons (Fsp3) is 0.474. The Morgan fingerprint density at radius 2 is 1.74 bits per heavy atom. The van der Waals surface area contributed by atoms with Gasteiger partial charge in [-0.25, -0.2) is 4.98 Å². The van der Waals surface area contributed by atoms with Crippen molar-refractivity contribution in [3.05, 3.63) is 36.4 Å². The maximum absolute atomic E-state index is 4.85. The zero-order valence-electron chi connectivity index (χ0n) is 14.0. The molecule has 2 heterocycles. The van der Waals surface area contributed by atoms with Gasteiger partial charge in [0.15, 0.2) is 0 Å². The van der Waals surface area contributed by atoms with Gasteiger partial charge in [0, 0.05) is 31.3 Å². The van der Waals surface area contributed by atoms with Crippen LogP contribution in [0.1, 0.15) is 39.0 Å². The summed E-state index contributed by atoms with van der Waals surface area (Å²) in [6.45, 7) is 5.23. The second-order valence-electron chi connectivity index (χ2n) is 6.13. The minimum Gasteiger partial charge on any atom is -0.370 e. The average Bonchev–Trinajstić information content (AvgIpc) is 2.90. The van der Waals surface area contributed by atoms with Crippen LogP contribution in [0.25, 0.3) is 11.3 Å². The molecule has 0 spiro atoms. The van der Waals surface area contributed by atoms with Crippen molar-refractivity contribution in [1.82, 2.24) is 9.97 Å². The third-order valence-electron chi connectivity index (χ3n) is 4.23. The van der Waals surface area contributed by atoms with Crippen molar-refractivity contribution in [2.24, 2.45) is 0 Å². The van der Waals surface area contributed by atoms with Gasteiger partial charge in [0.25, 0.3) is 0 Å². The van der Waals surface area contributed by atoms with E-state index in [0.29, 0.717) is 0 Å². The van der Waals surface area contributed by atoms with Crippen LogP contribution in [0.5, 0.6) is 0 Å². The summed E-state index contributed by atoms with van der Waals surface area (Å²) in [6.07, 6.45) is 6.18. The van der Waals surface area contributed by atoms with E-state index in [1.165, 1.54) is 25.7 Å². The Morgan fingerprint density at radius 3 is 2.43 bits per heavy atom. The maximum Gasteiger partial charge on any atom is 0.227 e. The molecule has 1 aromatic carbocycles. The molecular weight excluding hydrogens is 284 g/mol. The Bertz CT molecular complexity index is 604. The van der Waals surface area contributed by atoms with Gasteiger partial charge in [-0.3, -0.25) is 0 Å². The van der Waals surface area contributed by atoms with Crippen LogP contribution in [-0.2, 0) is 0 Å². The quantitative estimate of drug-likeness (QED) is 0.891. The molecule has 1 N–H and O–H groups in total. The molecule has 122 valence electrons. The topological polar surface area (TPSA) is 41.1 Å². The van der Waals surface area contributed by atoms with E-state index in [9.17, 15) is 0 Å². The first-order valence-electron chi connectivity index (χ1n) is 8.80. The molecule has 2 aromatic rings. The van der Waals surface area contributed by atoms with Gasteiger partial charge >= 0.3 is 0 Å². The van der Waals surface area contributed by atoms with Gasteiger partial charge in [0.1, 0.15) is 5.82 Å². The lowest BCUT2D eigenvalue weighted by molar-refractivity contribution is 0.726. The Balaban J connectivity index is 1.93. The van der Waals surface area contributed by atoms with Crippen molar-refractivity contribution in [2.75, 3.05) is 29.9 Å². The molecule has 1 fully saturated rings. The number of benzene rings is 1. The van der Waals surface area contributed by atoms with Crippen molar-refractivity contribution >= 4 is 11.8 Å². The molecule has 4 nitrogen and oxygen atoms in total. The van der Waals surface area contributed by atoms with E-state index in [-0.39, 0.29) is 0 Å². The SMILES string of the molecule is CCCNc1cc(-c2ccccc2)nc(N2CCCCCC2)n1. The van der Waals surface area contributed by atoms with E-state index in [0.717, 1.165) is 49.1 Å². The van der Waals surface area contributed by atoms with Crippen molar-refractivity contribution in [2.45, 2.75) is 39.0 Å². The van der Waals surface area contributed by atoms with Crippen molar-refractivity contribution in [3.63, 3.8) is 0 Å². The molecule has 23 heavy (non-hydrogen) atoms. The highest BCUT2D eigenvalue weighted by molar-refractivity contribution is 5.64. The maximum atomic E-state index is 4.85. The molecule has 0 aliphatic carbocycles. The molecule has 1 aromatic heterocycles. The predicted octanol–water partition coefficient (Wildman–Crippen LogP) is 4.35. The molecule has 0 amide bonds. The third-order valence-corrected chi connectivity index (χ3v) is 4.23. The van der Waals surface area contributed by atoms with Crippen LogP contribution in [-0.4, -0.2) is 29.6 Å². The number of hydrogen-bond donors (Lipinski definition) is 1. The highest BCUT2D eigenvalue weighted by atomic mass is 15.3. The highest BCUT2D eigenvalue weighted by Gasteiger charge is 2.15. The van der Waals surface area contributed by atoms with Crippen LogP contribution in [0.3, 0.4) is 0 Å². The second-order valence-corrected chi connectivity index (χ2v) is 6.13. The fourth-order valence-electron chi connectivity index (χ4n) is 2.95. The number of hydrogen-bond acceptors (Lipinski definition) is 4. The van der Waals surface area contributed by atoms with Crippen molar-refractivity contribution in [3.8, 4) is 11.3 Å². The summed E-state index contributed by atoms with van der Waals surface area (Å²) < 4.78 is 0. The summed E-state index contributed by atoms with van der Waals surface area (Å²) in [6, 6.07) is 12.4. The summed E-state index contributed by atoms with van der Waals surface area (Å²) in [7, 11) is 0. The molecule has 4 heteroatoms. The largest absolute Gasteiger partial charge is 0.370 e.